The van der Waals surface area contributed by atoms with E-state index in [9.17, 15) is 5.26 Å². The summed E-state index contributed by atoms with van der Waals surface area (Å²) in [7, 11) is 1.61. The van der Waals surface area contributed by atoms with Crippen molar-refractivity contribution in [2.24, 2.45) is 7.05 Å². The van der Waals surface area contributed by atoms with Crippen LogP contribution < -0.4 is 4.57 Å². The van der Waals surface area contributed by atoms with E-state index in [1.165, 1.54) is 4.57 Å². The summed E-state index contributed by atoms with van der Waals surface area (Å²) in [5, 5.41) is 13.9. The summed E-state index contributed by atoms with van der Waals surface area (Å²) in [6, 6.07) is 24.1. The normalized spacial score (nSPS) is 12.7. The van der Waals surface area contributed by atoms with Crippen molar-refractivity contribution in [3.8, 4) is 28.5 Å². The molecule has 4 aromatic carbocycles. The minimum Gasteiger partial charge on any atom is -0.454 e. The quantitative estimate of drug-likeness (QED) is 0.223. The molecule has 0 saturated heterocycles. The third-order valence-corrected chi connectivity index (χ3v) is 7.25. The Morgan fingerprint density at radius 2 is 1.58 bits per heavy atom. The molecule has 2 aromatic heterocycles. The van der Waals surface area contributed by atoms with Gasteiger partial charge in [-0.05, 0) is 46.4 Å². The molecule has 0 spiro atoms. The Labute approximate surface area is 224 Å². The number of fused-ring (bicyclic) bond motifs is 4. The van der Waals surface area contributed by atoms with Gasteiger partial charge in [0.2, 0.25) is 11.9 Å². The lowest BCUT2D eigenvalue weighted by Crippen LogP contribution is -2.33. The van der Waals surface area contributed by atoms with Crippen LogP contribution in [0.3, 0.4) is 0 Å². The van der Waals surface area contributed by atoms with Crippen LogP contribution in [0.5, 0.6) is 0 Å². The molecular weight excluding hydrogens is 471 g/mol. The van der Waals surface area contributed by atoms with Crippen LogP contribution in [-0.4, -0.2) is 0 Å². The van der Waals surface area contributed by atoms with Crippen molar-refractivity contribution in [2.75, 3.05) is 0 Å². The van der Waals surface area contributed by atoms with Crippen molar-refractivity contribution in [1.29, 1.82) is 5.26 Å². The zero-order valence-corrected chi connectivity index (χ0v) is 22.0. The minimum absolute atomic E-state index is 0.0338. The predicted octanol–water partition coefficient (Wildman–Crippen LogP) is 8.51. The van der Waals surface area contributed by atoms with E-state index >= 15 is 4.39 Å². The molecule has 0 aliphatic rings. The number of nitriles is 1. The number of hydrogen-bond donors (Lipinski definition) is 0. The number of nitrogens with zero attached hydrogens (tertiary/aromatic N) is 2. The molecular formula is C34H28FN2O+. The molecule has 6 aromatic rings. The molecule has 0 amide bonds. The summed E-state index contributed by atoms with van der Waals surface area (Å²) in [4.78, 5) is 0. The van der Waals surface area contributed by atoms with E-state index < -0.39 is 11.2 Å². The second-order valence-electron chi connectivity index (χ2n) is 10.8. The average molecular weight is 502 g/mol. The van der Waals surface area contributed by atoms with Crippen LogP contribution in [0.2, 0.25) is 0 Å². The van der Waals surface area contributed by atoms with Crippen molar-refractivity contribution in [3.05, 3.63) is 101 Å². The van der Waals surface area contributed by atoms with E-state index in [4.69, 9.17) is 7.16 Å². The SMILES string of the molecule is [2H]c1c(C(C)(C)C)c(F)c([2H])[n+](C)c1-c1c(C)ccc2c1oc1c(-c3cccc4ccccc34)c(C#N)ccc12. The third-order valence-electron chi connectivity index (χ3n) is 7.25. The maximum Gasteiger partial charge on any atom is 0.216 e. The van der Waals surface area contributed by atoms with Gasteiger partial charge in [-0.25, -0.2) is 4.39 Å². The molecule has 3 nitrogen and oxygen atoms in total. The van der Waals surface area contributed by atoms with Crippen molar-refractivity contribution in [1.82, 2.24) is 0 Å². The minimum atomic E-state index is -0.685. The van der Waals surface area contributed by atoms with E-state index in [1.54, 1.807) is 7.05 Å². The Morgan fingerprint density at radius 3 is 2.32 bits per heavy atom. The maximum atomic E-state index is 15.4. The Kier molecular flexibility index (Phi) is 4.85. The number of furan rings is 1. The van der Waals surface area contributed by atoms with Gasteiger partial charge in [-0.2, -0.15) is 9.83 Å². The van der Waals surface area contributed by atoms with Crippen LogP contribution >= 0.6 is 0 Å². The Bertz CT molecular complexity index is 2060. The fourth-order valence-electron chi connectivity index (χ4n) is 5.36. The van der Waals surface area contributed by atoms with Gasteiger partial charge < -0.3 is 4.42 Å². The van der Waals surface area contributed by atoms with Crippen LogP contribution in [0.1, 0.15) is 40.2 Å². The second kappa shape index (κ2) is 8.53. The first kappa shape index (κ1) is 21.6. The Hall–Kier alpha value is -4.49. The lowest BCUT2D eigenvalue weighted by Gasteiger charge is -2.19. The molecule has 0 atom stereocenters. The molecule has 38 heavy (non-hydrogen) atoms. The number of pyridine rings is 1. The van der Waals surface area contributed by atoms with Crippen LogP contribution in [0.25, 0.3) is 55.1 Å². The van der Waals surface area contributed by atoms with Gasteiger partial charge in [0.05, 0.1) is 18.6 Å². The number of hydrogen-bond acceptors (Lipinski definition) is 2. The number of rotatable bonds is 2. The smallest absolute Gasteiger partial charge is 0.216 e. The topological polar surface area (TPSA) is 40.8 Å². The molecule has 0 bridgehead atoms. The van der Waals surface area contributed by atoms with Crippen molar-refractivity contribution in [2.45, 2.75) is 33.1 Å². The first-order chi connectivity index (χ1) is 19.0. The largest absolute Gasteiger partial charge is 0.454 e. The zero-order chi connectivity index (χ0) is 28.5. The van der Waals surface area contributed by atoms with Crippen molar-refractivity contribution >= 4 is 32.7 Å². The second-order valence-corrected chi connectivity index (χ2v) is 10.8. The zero-order valence-electron chi connectivity index (χ0n) is 24.0. The Morgan fingerprint density at radius 1 is 0.895 bits per heavy atom. The average Bonchev–Trinajstić information content (AvgIpc) is 3.30. The maximum absolute atomic E-state index is 15.4. The highest BCUT2D eigenvalue weighted by molar-refractivity contribution is 6.15. The van der Waals surface area contributed by atoms with Gasteiger partial charge in [0.15, 0.2) is 5.82 Å². The number of aromatic nitrogens is 1. The fourth-order valence-corrected chi connectivity index (χ4v) is 5.36. The first-order valence-corrected chi connectivity index (χ1v) is 12.6. The summed E-state index contributed by atoms with van der Waals surface area (Å²) < 4.78 is 41.2. The van der Waals surface area contributed by atoms with Crippen LogP contribution in [0.4, 0.5) is 4.39 Å². The van der Waals surface area contributed by atoms with Gasteiger partial charge in [0.25, 0.3) is 0 Å². The van der Waals surface area contributed by atoms with Crippen molar-refractivity contribution in [3.63, 3.8) is 0 Å². The highest BCUT2D eigenvalue weighted by atomic mass is 19.1. The summed E-state index contributed by atoms with van der Waals surface area (Å²) in [6.07, 6.45) is -0.286. The fraction of sp³-hybridized carbons (Fsp3) is 0.176. The van der Waals surface area contributed by atoms with E-state index in [-0.39, 0.29) is 17.8 Å². The molecule has 0 N–H and O–H groups in total. The van der Waals surface area contributed by atoms with E-state index in [0.29, 0.717) is 33.6 Å². The first-order valence-electron chi connectivity index (χ1n) is 13.6. The van der Waals surface area contributed by atoms with E-state index in [1.807, 2.05) is 94.4 Å². The van der Waals surface area contributed by atoms with Crippen molar-refractivity contribution < 1.29 is 16.1 Å². The molecule has 0 aliphatic heterocycles. The van der Waals surface area contributed by atoms with Gasteiger partial charge in [-0.1, -0.05) is 75.4 Å². The summed E-state index contributed by atoms with van der Waals surface area (Å²) in [5.74, 6) is -0.685. The molecule has 0 radical (unpaired) electrons. The summed E-state index contributed by atoms with van der Waals surface area (Å²) in [5.41, 5.74) is 4.65. The summed E-state index contributed by atoms with van der Waals surface area (Å²) in [6.45, 7) is 7.47. The third kappa shape index (κ3) is 3.58. The predicted molar refractivity (Wildman–Crippen MR) is 151 cm³/mol. The highest BCUT2D eigenvalue weighted by Gasteiger charge is 2.28. The van der Waals surface area contributed by atoms with Crippen LogP contribution in [-0.2, 0) is 12.5 Å². The van der Waals surface area contributed by atoms with E-state index in [2.05, 4.69) is 6.07 Å². The molecule has 2 heterocycles. The van der Waals surface area contributed by atoms with Gasteiger partial charge >= 0.3 is 0 Å². The summed E-state index contributed by atoms with van der Waals surface area (Å²) >= 11 is 0. The van der Waals surface area contributed by atoms with Gasteiger partial charge in [-0.15, -0.1) is 0 Å². The van der Waals surface area contributed by atoms with Gasteiger partial charge in [0.1, 0.15) is 19.6 Å². The van der Waals surface area contributed by atoms with Crippen LogP contribution in [0, 0.1) is 24.1 Å². The Balaban J connectivity index is 1.78. The number of benzene rings is 4. The van der Waals surface area contributed by atoms with E-state index in [0.717, 1.165) is 32.7 Å². The molecule has 0 aliphatic carbocycles. The lowest BCUT2D eigenvalue weighted by atomic mass is 9.86. The highest BCUT2D eigenvalue weighted by Crippen LogP contribution is 2.43. The number of halogens is 1. The molecule has 0 saturated carbocycles. The molecule has 4 heteroatoms. The van der Waals surface area contributed by atoms with Crippen LogP contribution in [0.15, 0.2) is 83.4 Å². The monoisotopic (exact) mass is 501 g/mol. The lowest BCUT2D eigenvalue weighted by molar-refractivity contribution is -0.662. The molecule has 6 rings (SSSR count). The molecule has 0 unspecified atom stereocenters. The molecule has 0 fully saturated rings. The van der Waals surface area contributed by atoms with Gasteiger partial charge in [0, 0.05) is 27.9 Å². The van der Waals surface area contributed by atoms with Gasteiger partial charge in [-0.3, -0.25) is 0 Å². The number of aryl methyl sites for hydroxylation is 1. The molecule has 186 valence electrons. The standard InChI is InChI=1S/C34H28FN2O/c1-20-13-15-25-26-16-14-22(18-36)31(24-12-8-10-21-9-6-7-11-23(21)24)33(26)38-32(25)30(20)29-17-27(34(2,3)4)28(35)19-37(29)5/h6-17,19H,1-5H3/q+1/i17D,19D.